The number of nitrogens with one attached hydrogen (secondary N) is 2. The molecule has 0 saturated carbocycles. The molecule has 4 aliphatic rings. The van der Waals surface area contributed by atoms with Gasteiger partial charge in [0.2, 0.25) is 0 Å². The minimum Gasteiger partial charge on any atom is -0.524 e. The first-order valence-corrected chi connectivity index (χ1v) is 16.1. The molecule has 2 radical (unpaired) electrons. The molecule has 7 aromatic rings. The van der Waals surface area contributed by atoms with Crippen LogP contribution in [0.25, 0.3) is 89.7 Å². The average Bonchev–Trinajstić information content (AvgIpc) is 3.95. The highest BCUT2D eigenvalue weighted by Gasteiger charge is 2.28. The molecule has 0 spiro atoms. The molecule has 2 N–H and O–H groups in total. The SMILES string of the molecule is Cc1cc2c(cc1C)-c1nc-2nc2[nH]c(nc3nc(nc4[nH]c(n1)c1cc5c(cc41)O[B]O5)-c1cc4c(cc1-3)O[B]O4)c1cc(C)c(C)cc21. The molecule has 3 aromatic heterocycles. The molecule has 0 unspecified atom stereocenters. The normalized spacial score (nSPS) is 13.4. The molecule has 8 bridgehead atoms. The van der Waals surface area contributed by atoms with Crippen LogP contribution in [0.1, 0.15) is 22.3 Å². The average molecular weight is 652 g/mol. The lowest BCUT2D eigenvalue weighted by molar-refractivity contribution is 0.541. The van der Waals surface area contributed by atoms with Crippen LogP contribution < -0.4 is 18.6 Å². The van der Waals surface area contributed by atoms with Crippen LogP contribution in [-0.4, -0.2) is 55.2 Å². The Hall–Kier alpha value is -6.43. The minimum atomic E-state index is 0.446. The number of aromatic nitrogens is 8. The summed E-state index contributed by atoms with van der Waals surface area (Å²) < 4.78 is 22.6. The third-order valence-corrected chi connectivity index (χ3v) is 9.89. The molecule has 0 aliphatic carbocycles. The van der Waals surface area contributed by atoms with Crippen molar-refractivity contribution < 1.29 is 18.6 Å². The largest absolute Gasteiger partial charge is 0.658 e. The lowest BCUT2D eigenvalue weighted by Crippen LogP contribution is -1.99. The van der Waals surface area contributed by atoms with Crippen LogP contribution in [0.3, 0.4) is 0 Å². The summed E-state index contributed by atoms with van der Waals surface area (Å²) in [6.07, 6.45) is 0. The monoisotopic (exact) mass is 652 g/mol. The number of rotatable bonds is 0. The third-order valence-electron chi connectivity index (χ3n) is 9.89. The van der Waals surface area contributed by atoms with Gasteiger partial charge in [0, 0.05) is 43.8 Å². The maximum absolute atomic E-state index is 5.64. The van der Waals surface area contributed by atoms with E-state index in [1.807, 2.05) is 24.3 Å². The Bertz CT molecular complexity index is 2900. The molecule has 4 aliphatic heterocycles. The van der Waals surface area contributed by atoms with Gasteiger partial charge in [-0.2, -0.15) is 0 Å². The molecule has 0 fully saturated rings. The molecule has 0 saturated heterocycles. The Balaban J connectivity index is 1.34. The Labute approximate surface area is 284 Å². The number of aryl methyl sites for hydroxylation is 4. The van der Waals surface area contributed by atoms with Gasteiger partial charge >= 0.3 is 15.4 Å². The second-order valence-electron chi connectivity index (χ2n) is 12.9. The van der Waals surface area contributed by atoms with Crippen molar-refractivity contribution in [1.82, 2.24) is 39.9 Å². The maximum atomic E-state index is 5.64. The van der Waals surface area contributed by atoms with E-state index in [1.165, 1.54) is 15.4 Å². The molecular formula is C36H22B2N8O4. The minimum absolute atomic E-state index is 0.446. The van der Waals surface area contributed by atoms with Gasteiger partial charge in [0.05, 0.1) is 0 Å². The van der Waals surface area contributed by atoms with Gasteiger partial charge in [-0.3, -0.25) is 0 Å². The van der Waals surface area contributed by atoms with Crippen molar-refractivity contribution >= 4 is 59.5 Å². The maximum Gasteiger partial charge on any atom is 0.658 e. The zero-order valence-electron chi connectivity index (χ0n) is 27.1. The third kappa shape index (κ3) is 3.84. The topological polar surface area (TPSA) is 146 Å². The summed E-state index contributed by atoms with van der Waals surface area (Å²) in [4.78, 5) is 37.6. The number of hydrogen-bond acceptors (Lipinski definition) is 10. The highest BCUT2D eigenvalue weighted by atomic mass is 16.6. The van der Waals surface area contributed by atoms with Crippen LogP contribution >= 0.6 is 0 Å². The Morgan fingerprint density at radius 2 is 0.680 bits per heavy atom. The zero-order valence-corrected chi connectivity index (χ0v) is 27.1. The smallest absolute Gasteiger partial charge is 0.524 e. The first kappa shape index (κ1) is 27.5. The lowest BCUT2D eigenvalue weighted by Gasteiger charge is -2.04. The van der Waals surface area contributed by atoms with Crippen molar-refractivity contribution in [2.24, 2.45) is 0 Å². The van der Waals surface area contributed by atoms with Crippen LogP contribution in [0, 0.1) is 27.7 Å². The first-order valence-electron chi connectivity index (χ1n) is 16.1. The second kappa shape index (κ2) is 9.59. The second-order valence-corrected chi connectivity index (χ2v) is 12.9. The summed E-state index contributed by atoms with van der Waals surface area (Å²) in [7, 11) is 2.62. The van der Waals surface area contributed by atoms with Crippen LogP contribution in [-0.2, 0) is 0 Å². The molecule has 14 heteroatoms. The number of benzene rings is 4. The van der Waals surface area contributed by atoms with E-state index >= 15 is 0 Å². The molecular weight excluding hydrogens is 630 g/mol. The fourth-order valence-electron chi connectivity index (χ4n) is 6.95. The van der Waals surface area contributed by atoms with E-state index in [4.69, 9.17) is 48.5 Å². The van der Waals surface area contributed by atoms with Crippen LogP contribution in [0.2, 0.25) is 0 Å². The van der Waals surface area contributed by atoms with Crippen molar-refractivity contribution in [2.45, 2.75) is 27.7 Å². The van der Waals surface area contributed by atoms with Gasteiger partial charge in [0.25, 0.3) is 0 Å². The lowest BCUT2D eigenvalue weighted by atomic mass is 10.0. The fraction of sp³-hybridized carbons (Fsp3) is 0.111. The summed E-state index contributed by atoms with van der Waals surface area (Å²) in [5.74, 6) is 4.29. The summed E-state index contributed by atoms with van der Waals surface area (Å²) in [6.45, 7) is 8.36. The number of hydrogen-bond donors (Lipinski definition) is 2. The van der Waals surface area contributed by atoms with Crippen molar-refractivity contribution in [3.05, 3.63) is 70.8 Å². The van der Waals surface area contributed by atoms with E-state index in [-0.39, 0.29) is 0 Å². The van der Waals surface area contributed by atoms with Gasteiger partial charge in [-0.05, 0) is 98.5 Å². The summed E-state index contributed by atoms with van der Waals surface area (Å²) in [6, 6.07) is 16.0. The number of fused-ring (bicyclic) bond motifs is 22. The molecule has 12 nitrogen and oxygen atoms in total. The van der Waals surface area contributed by atoms with E-state index in [0.29, 0.717) is 68.9 Å². The predicted molar refractivity (Wildman–Crippen MR) is 189 cm³/mol. The van der Waals surface area contributed by atoms with Gasteiger partial charge < -0.3 is 28.6 Å². The fourth-order valence-corrected chi connectivity index (χ4v) is 6.95. The molecule has 236 valence electrons. The Kier molecular flexibility index (Phi) is 5.28. The quantitative estimate of drug-likeness (QED) is 0.170. The standard InChI is InChI=1S/C36H22B2N8O4/c1-13-5-17-19(7-15(13)3)31-40-29(17)39-30-18-6-14(2)16(4)8-20(18)32(41-30)43-34-22-10-26-28(50-38-48-26)12-24(22)36(45-34)46-35-23-11-27-25(47-37-49-27)9-21(23)33(42-31)44-35/h5-12H,1-4H3,(H2,39,40,41,42,43,44,45,46). The van der Waals surface area contributed by atoms with Gasteiger partial charge in [0.15, 0.2) is 23.3 Å². The van der Waals surface area contributed by atoms with E-state index in [1.54, 1.807) is 0 Å². The van der Waals surface area contributed by atoms with Gasteiger partial charge in [-0.1, -0.05) is 0 Å². The molecule has 50 heavy (non-hydrogen) atoms. The first-order chi connectivity index (χ1) is 24.3. The van der Waals surface area contributed by atoms with E-state index in [0.717, 1.165) is 66.1 Å². The molecule has 11 rings (SSSR count). The summed E-state index contributed by atoms with van der Waals surface area (Å²) in [5.41, 5.74) is 10.2. The molecule has 0 amide bonds. The molecule has 4 aromatic carbocycles. The Morgan fingerprint density at radius 3 is 1.06 bits per heavy atom. The van der Waals surface area contributed by atoms with Crippen molar-refractivity contribution in [3.63, 3.8) is 0 Å². The van der Waals surface area contributed by atoms with Crippen molar-refractivity contribution in [2.75, 3.05) is 0 Å². The van der Waals surface area contributed by atoms with Crippen molar-refractivity contribution in [1.29, 1.82) is 0 Å². The van der Waals surface area contributed by atoms with E-state index < -0.39 is 0 Å². The summed E-state index contributed by atoms with van der Waals surface area (Å²) in [5, 5.41) is 3.39. The number of aromatic amines is 2. The number of H-pyrrole nitrogens is 2. The highest BCUT2D eigenvalue weighted by molar-refractivity contribution is 6.24. The van der Waals surface area contributed by atoms with Crippen LogP contribution in [0.4, 0.5) is 0 Å². The Morgan fingerprint density at radius 1 is 0.380 bits per heavy atom. The van der Waals surface area contributed by atoms with E-state index in [9.17, 15) is 0 Å². The van der Waals surface area contributed by atoms with Crippen LogP contribution in [0.5, 0.6) is 23.0 Å². The molecule has 0 atom stereocenters. The van der Waals surface area contributed by atoms with Crippen LogP contribution in [0.15, 0.2) is 48.5 Å². The van der Waals surface area contributed by atoms with Gasteiger partial charge in [0.1, 0.15) is 45.6 Å². The summed E-state index contributed by atoms with van der Waals surface area (Å²) >= 11 is 0. The van der Waals surface area contributed by atoms with Gasteiger partial charge in [-0.15, -0.1) is 0 Å². The predicted octanol–water partition coefficient (Wildman–Crippen LogP) is 6.71. The number of nitrogens with zero attached hydrogens (tertiary/aromatic N) is 6. The van der Waals surface area contributed by atoms with Crippen molar-refractivity contribution in [3.8, 4) is 68.5 Å². The zero-order chi connectivity index (χ0) is 33.4. The van der Waals surface area contributed by atoms with Gasteiger partial charge in [-0.25, -0.2) is 29.9 Å². The van der Waals surface area contributed by atoms with E-state index in [2.05, 4.69) is 61.9 Å². The molecule has 7 heterocycles. The highest BCUT2D eigenvalue weighted by Crippen LogP contribution is 2.45.